The predicted molar refractivity (Wildman–Crippen MR) is 112 cm³/mol. The number of hydrogen-bond donors (Lipinski definition) is 0. The number of rotatable bonds is 4. The molecule has 0 N–H and O–H groups in total. The van der Waals surface area contributed by atoms with Crippen LogP contribution in [-0.4, -0.2) is 41.9 Å². The minimum absolute atomic E-state index is 0.153. The second-order valence-corrected chi connectivity index (χ2v) is 8.28. The Morgan fingerprint density at radius 3 is 2.50 bits per heavy atom. The smallest absolute Gasteiger partial charge is 0.253 e. The van der Waals surface area contributed by atoms with Crippen molar-refractivity contribution >= 4 is 5.91 Å². The number of nitrogens with zero attached hydrogens (tertiary/aromatic N) is 2. The van der Waals surface area contributed by atoms with Crippen LogP contribution in [0.4, 0.5) is 0 Å². The van der Waals surface area contributed by atoms with E-state index >= 15 is 0 Å². The molecule has 1 fully saturated rings. The highest BCUT2D eigenvalue weighted by Crippen LogP contribution is 2.26. The zero-order valence-electron chi connectivity index (χ0n) is 17.0. The molecule has 2 aromatic rings. The molecule has 0 unspecified atom stereocenters. The van der Waals surface area contributed by atoms with Crippen molar-refractivity contribution in [3.8, 4) is 5.75 Å². The lowest BCUT2D eigenvalue weighted by molar-refractivity contribution is 0.0792. The molecule has 0 bridgehead atoms. The van der Waals surface area contributed by atoms with Gasteiger partial charge in [0.25, 0.3) is 5.91 Å². The fourth-order valence-corrected chi connectivity index (χ4v) is 4.09. The molecule has 1 amide bonds. The van der Waals surface area contributed by atoms with Crippen LogP contribution in [0.5, 0.6) is 5.75 Å². The minimum atomic E-state index is 0.153. The Labute approximate surface area is 168 Å². The number of amides is 1. The SMILES string of the molecule is CC(C)c1ccc(CN2CCOc3ccc(C(=O)N4CCCC4)cc3C2)cc1. The highest BCUT2D eigenvalue weighted by molar-refractivity contribution is 5.94. The molecule has 148 valence electrons. The molecule has 0 aliphatic carbocycles. The summed E-state index contributed by atoms with van der Waals surface area (Å²) in [5, 5.41) is 0. The largest absolute Gasteiger partial charge is 0.492 e. The van der Waals surface area contributed by atoms with Crippen LogP contribution in [0.1, 0.15) is 59.7 Å². The summed E-state index contributed by atoms with van der Waals surface area (Å²) < 4.78 is 5.96. The molecule has 0 radical (unpaired) electrons. The third-order valence-electron chi connectivity index (χ3n) is 5.81. The molecule has 1 saturated heterocycles. The Bertz CT molecular complexity index is 823. The van der Waals surface area contributed by atoms with Gasteiger partial charge in [0, 0.05) is 43.9 Å². The molecule has 0 atom stereocenters. The second kappa shape index (κ2) is 8.36. The van der Waals surface area contributed by atoms with Gasteiger partial charge in [0.1, 0.15) is 12.4 Å². The van der Waals surface area contributed by atoms with Crippen molar-refractivity contribution in [3.63, 3.8) is 0 Å². The van der Waals surface area contributed by atoms with E-state index in [1.54, 1.807) is 0 Å². The van der Waals surface area contributed by atoms with Gasteiger partial charge >= 0.3 is 0 Å². The first-order chi connectivity index (χ1) is 13.6. The van der Waals surface area contributed by atoms with Gasteiger partial charge in [0.15, 0.2) is 0 Å². The van der Waals surface area contributed by atoms with Gasteiger partial charge in [-0.15, -0.1) is 0 Å². The van der Waals surface area contributed by atoms with Crippen LogP contribution in [0.15, 0.2) is 42.5 Å². The average molecular weight is 379 g/mol. The molecule has 4 nitrogen and oxygen atoms in total. The summed E-state index contributed by atoms with van der Waals surface area (Å²) in [6, 6.07) is 14.9. The Morgan fingerprint density at radius 1 is 1.04 bits per heavy atom. The van der Waals surface area contributed by atoms with Crippen molar-refractivity contribution < 1.29 is 9.53 Å². The quantitative estimate of drug-likeness (QED) is 0.788. The standard InChI is InChI=1S/C24H30N2O2/c1-18(2)20-7-5-19(6-8-20)16-25-13-14-28-23-10-9-21(15-22(23)17-25)24(27)26-11-3-4-12-26/h5-10,15,18H,3-4,11-14,16-17H2,1-2H3. The van der Waals surface area contributed by atoms with Gasteiger partial charge in [-0.2, -0.15) is 0 Å². The monoisotopic (exact) mass is 378 g/mol. The van der Waals surface area contributed by atoms with Gasteiger partial charge in [-0.25, -0.2) is 0 Å². The van der Waals surface area contributed by atoms with Crippen LogP contribution in [0.2, 0.25) is 0 Å². The topological polar surface area (TPSA) is 32.8 Å². The third kappa shape index (κ3) is 4.22. The predicted octanol–water partition coefficient (Wildman–Crippen LogP) is 4.44. The lowest BCUT2D eigenvalue weighted by atomic mass is 10.0. The van der Waals surface area contributed by atoms with Crippen LogP contribution >= 0.6 is 0 Å². The summed E-state index contributed by atoms with van der Waals surface area (Å²) in [6.45, 7) is 9.47. The zero-order valence-corrected chi connectivity index (χ0v) is 17.0. The molecule has 28 heavy (non-hydrogen) atoms. The van der Waals surface area contributed by atoms with Crippen LogP contribution in [0.25, 0.3) is 0 Å². The van der Waals surface area contributed by atoms with Crippen LogP contribution < -0.4 is 4.74 Å². The number of carbonyl (C=O) groups excluding carboxylic acids is 1. The molecule has 4 rings (SSSR count). The Kier molecular flexibility index (Phi) is 5.67. The molecule has 0 aromatic heterocycles. The van der Waals surface area contributed by atoms with Gasteiger partial charge in [0.05, 0.1) is 0 Å². The fourth-order valence-electron chi connectivity index (χ4n) is 4.09. The van der Waals surface area contributed by atoms with E-state index in [1.165, 1.54) is 11.1 Å². The Balaban J connectivity index is 1.48. The second-order valence-electron chi connectivity index (χ2n) is 8.28. The normalized spacial score (nSPS) is 17.3. The van der Waals surface area contributed by atoms with Gasteiger partial charge in [-0.05, 0) is 48.1 Å². The minimum Gasteiger partial charge on any atom is -0.492 e. The van der Waals surface area contributed by atoms with Crippen LogP contribution in [0, 0.1) is 0 Å². The van der Waals surface area contributed by atoms with E-state index in [-0.39, 0.29) is 5.91 Å². The Morgan fingerprint density at radius 2 is 1.79 bits per heavy atom. The molecule has 2 aliphatic rings. The maximum absolute atomic E-state index is 12.7. The molecule has 0 saturated carbocycles. The molecule has 2 aromatic carbocycles. The van der Waals surface area contributed by atoms with E-state index in [4.69, 9.17) is 4.74 Å². The van der Waals surface area contributed by atoms with Gasteiger partial charge in [0.2, 0.25) is 0 Å². The average Bonchev–Trinajstić information content (AvgIpc) is 3.16. The lowest BCUT2D eigenvalue weighted by Crippen LogP contribution is -2.28. The molecular formula is C24H30N2O2. The summed E-state index contributed by atoms with van der Waals surface area (Å²) >= 11 is 0. The molecular weight excluding hydrogens is 348 g/mol. The highest BCUT2D eigenvalue weighted by atomic mass is 16.5. The van der Waals surface area contributed by atoms with Crippen molar-refractivity contribution in [2.24, 2.45) is 0 Å². The lowest BCUT2D eigenvalue weighted by Gasteiger charge is -2.20. The van der Waals surface area contributed by atoms with E-state index in [2.05, 4.69) is 43.0 Å². The maximum Gasteiger partial charge on any atom is 0.253 e. The highest BCUT2D eigenvalue weighted by Gasteiger charge is 2.22. The van der Waals surface area contributed by atoms with E-state index in [9.17, 15) is 4.79 Å². The summed E-state index contributed by atoms with van der Waals surface area (Å²) in [5.74, 6) is 1.62. The Hall–Kier alpha value is -2.33. The summed E-state index contributed by atoms with van der Waals surface area (Å²) in [4.78, 5) is 17.1. The van der Waals surface area contributed by atoms with Crippen molar-refractivity contribution in [2.45, 2.75) is 45.7 Å². The number of likely N-dealkylation sites (tertiary alicyclic amines) is 1. The van der Waals surface area contributed by atoms with E-state index < -0.39 is 0 Å². The zero-order chi connectivity index (χ0) is 19.5. The van der Waals surface area contributed by atoms with Crippen LogP contribution in [0.3, 0.4) is 0 Å². The molecule has 2 heterocycles. The number of hydrogen-bond acceptors (Lipinski definition) is 3. The van der Waals surface area contributed by atoms with Gasteiger partial charge < -0.3 is 9.64 Å². The third-order valence-corrected chi connectivity index (χ3v) is 5.81. The van der Waals surface area contributed by atoms with E-state index in [0.29, 0.717) is 12.5 Å². The number of ether oxygens (including phenoxy) is 1. The first-order valence-electron chi connectivity index (χ1n) is 10.5. The van der Waals surface area contributed by atoms with E-state index in [1.807, 2.05) is 23.1 Å². The summed E-state index contributed by atoms with van der Waals surface area (Å²) in [6.07, 6.45) is 2.23. The summed E-state index contributed by atoms with van der Waals surface area (Å²) in [5.41, 5.74) is 4.59. The van der Waals surface area contributed by atoms with E-state index in [0.717, 1.165) is 62.4 Å². The maximum atomic E-state index is 12.7. The van der Waals surface area contributed by atoms with Crippen LogP contribution in [-0.2, 0) is 13.1 Å². The van der Waals surface area contributed by atoms with Gasteiger partial charge in [-0.3, -0.25) is 9.69 Å². The number of carbonyl (C=O) groups is 1. The van der Waals surface area contributed by atoms with Crippen molar-refractivity contribution in [2.75, 3.05) is 26.2 Å². The summed E-state index contributed by atoms with van der Waals surface area (Å²) in [7, 11) is 0. The number of fused-ring (bicyclic) bond motifs is 1. The molecule has 4 heteroatoms. The molecule has 0 spiro atoms. The first kappa shape index (κ1) is 19.0. The van der Waals surface area contributed by atoms with Crippen molar-refractivity contribution in [1.82, 2.24) is 9.80 Å². The van der Waals surface area contributed by atoms with Gasteiger partial charge in [-0.1, -0.05) is 38.1 Å². The molecule has 2 aliphatic heterocycles. The first-order valence-corrected chi connectivity index (χ1v) is 10.5. The number of benzene rings is 2. The van der Waals surface area contributed by atoms with Crippen molar-refractivity contribution in [3.05, 3.63) is 64.7 Å². The van der Waals surface area contributed by atoms with Crippen molar-refractivity contribution in [1.29, 1.82) is 0 Å². The fraction of sp³-hybridized carbons (Fsp3) is 0.458.